The number of methoxy groups -OCH3 is 1. The van der Waals surface area contributed by atoms with Crippen molar-refractivity contribution in [2.45, 2.75) is 44.6 Å². The van der Waals surface area contributed by atoms with Crippen LogP contribution in [-0.4, -0.2) is 54.5 Å². The summed E-state index contributed by atoms with van der Waals surface area (Å²) < 4.78 is 5.25. The van der Waals surface area contributed by atoms with E-state index in [-0.39, 0.29) is 0 Å². The minimum absolute atomic E-state index is 0.478. The van der Waals surface area contributed by atoms with Crippen LogP contribution in [-0.2, 0) is 0 Å². The number of benzene rings is 1. The fraction of sp³-hybridized carbons (Fsp3) is 0.571. The number of rotatable bonds is 5. The summed E-state index contributed by atoms with van der Waals surface area (Å²) in [6.45, 7) is 3.77. The number of hydrogen-bond acceptors (Lipinski definition) is 7. The molecular weight excluding hydrogens is 352 g/mol. The van der Waals surface area contributed by atoms with Crippen molar-refractivity contribution < 1.29 is 4.74 Å². The van der Waals surface area contributed by atoms with Gasteiger partial charge < -0.3 is 19.9 Å². The topological polar surface area (TPSA) is 66.4 Å². The SMILES string of the molecule is COc1ccc(N2CCN(c3cnnc(NC4CCCCCC4)n3)CC2)cc1. The van der Waals surface area contributed by atoms with Crippen LogP contribution in [0.3, 0.4) is 0 Å². The van der Waals surface area contributed by atoms with Gasteiger partial charge in [-0.3, -0.25) is 0 Å². The molecule has 0 spiro atoms. The number of ether oxygens (including phenoxy) is 1. The first kappa shape index (κ1) is 18.8. The zero-order valence-electron chi connectivity index (χ0n) is 16.7. The van der Waals surface area contributed by atoms with E-state index in [1.807, 2.05) is 12.1 Å². The second-order valence-corrected chi connectivity index (χ2v) is 7.64. The van der Waals surface area contributed by atoms with E-state index in [1.165, 1.54) is 44.2 Å². The van der Waals surface area contributed by atoms with Gasteiger partial charge in [-0.15, -0.1) is 5.10 Å². The summed E-state index contributed by atoms with van der Waals surface area (Å²) in [5.41, 5.74) is 1.23. The first-order valence-corrected chi connectivity index (χ1v) is 10.4. The second-order valence-electron chi connectivity index (χ2n) is 7.64. The molecule has 150 valence electrons. The highest BCUT2D eigenvalue weighted by Crippen LogP contribution is 2.23. The van der Waals surface area contributed by atoms with Crippen LogP contribution in [0.25, 0.3) is 0 Å². The van der Waals surface area contributed by atoms with E-state index >= 15 is 0 Å². The summed E-state index contributed by atoms with van der Waals surface area (Å²) in [5.74, 6) is 2.48. The van der Waals surface area contributed by atoms with Gasteiger partial charge in [-0.05, 0) is 37.1 Å². The normalized spacial score (nSPS) is 18.6. The molecule has 0 radical (unpaired) electrons. The number of nitrogens with zero attached hydrogens (tertiary/aromatic N) is 5. The fourth-order valence-electron chi connectivity index (χ4n) is 4.10. The smallest absolute Gasteiger partial charge is 0.244 e. The average Bonchev–Trinajstić information content (AvgIpc) is 3.03. The highest BCUT2D eigenvalue weighted by molar-refractivity contribution is 5.51. The minimum atomic E-state index is 0.478. The summed E-state index contributed by atoms with van der Waals surface area (Å²) in [5, 5.41) is 11.9. The Labute approximate surface area is 167 Å². The molecule has 1 aromatic carbocycles. The van der Waals surface area contributed by atoms with Gasteiger partial charge in [0.2, 0.25) is 5.95 Å². The third kappa shape index (κ3) is 4.64. The standard InChI is InChI=1S/C21H30N6O/c1-28-19-10-8-18(9-11-19)26-12-14-27(15-13-26)20-16-22-25-21(24-20)23-17-6-4-2-3-5-7-17/h8-11,16-17H,2-7,12-15H2,1H3,(H,23,24,25). The predicted molar refractivity (Wildman–Crippen MR) is 112 cm³/mol. The first-order chi connectivity index (χ1) is 13.8. The monoisotopic (exact) mass is 382 g/mol. The van der Waals surface area contributed by atoms with E-state index in [0.29, 0.717) is 12.0 Å². The number of hydrogen-bond donors (Lipinski definition) is 1. The van der Waals surface area contributed by atoms with Gasteiger partial charge in [-0.1, -0.05) is 25.7 Å². The Morgan fingerprint density at radius 3 is 2.29 bits per heavy atom. The van der Waals surface area contributed by atoms with Crippen molar-refractivity contribution >= 4 is 17.5 Å². The third-order valence-electron chi connectivity index (χ3n) is 5.78. The molecule has 1 N–H and O–H groups in total. The predicted octanol–water partition coefficient (Wildman–Crippen LogP) is 3.34. The Hall–Kier alpha value is -2.57. The largest absolute Gasteiger partial charge is 0.497 e. The number of piperazine rings is 1. The highest BCUT2D eigenvalue weighted by Gasteiger charge is 2.20. The second kappa shape index (κ2) is 9.08. The van der Waals surface area contributed by atoms with Gasteiger partial charge in [0.1, 0.15) is 5.75 Å². The maximum Gasteiger partial charge on any atom is 0.244 e. The molecule has 0 unspecified atom stereocenters. The number of nitrogens with one attached hydrogen (secondary N) is 1. The summed E-state index contributed by atoms with van der Waals surface area (Å²) >= 11 is 0. The van der Waals surface area contributed by atoms with Crippen molar-refractivity contribution in [2.24, 2.45) is 0 Å². The quantitative estimate of drug-likeness (QED) is 0.796. The molecule has 7 heteroatoms. The van der Waals surface area contributed by atoms with Gasteiger partial charge in [0.05, 0.1) is 13.3 Å². The van der Waals surface area contributed by atoms with Crippen molar-refractivity contribution in [1.29, 1.82) is 0 Å². The Morgan fingerprint density at radius 1 is 0.929 bits per heavy atom. The third-order valence-corrected chi connectivity index (χ3v) is 5.78. The highest BCUT2D eigenvalue weighted by atomic mass is 16.5. The maximum absolute atomic E-state index is 5.25. The molecular formula is C21H30N6O. The minimum Gasteiger partial charge on any atom is -0.497 e. The van der Waals surface area contributed by atoms with Crippen LogP contribution in [0.1, 0.15) is 38.5 Å². The van der Waals surface area contributed by atoms with Gasteiger partial charge in [0, 0.05) is 37.9 Å². The maximum atomic E-state index is 5.25. The van der Waals surface area contributed by atoms with Gasteiger partial charge >= 0.3 is 0 Å². The molecule has 0 bridgehead atoms. The molecule has 0 atom stereocenters. The molecule has 2 heterocycles. The Morgan fingerprint density at radius 2 is 1.61 bits per heavy atom. The van der Waals surface area contributed by atoms with E-state index in [1.54, 1.807) is 13.3 Å². The molecule has 1 saturated carbocycles. The average molecular weight is 383 g/mol. The molecule has 1 saturated heterocycles. The first-order valence-electron chi connectivity index (χ1n) is 10.4. The molecule has 28 heavy (non-hydrogen) atoms. The molecule has 0 amide bonds. The van der Waals surface area contributed by atoms with Crippen LogP contribution in [0.15, 0.2) is 30.5 Å². The van der Waals surface area contributed by atoms with Gasteiger partial charge in [-0.2, -0.15) is 10.1 Å². The van der Waals surface area contributed by atoms with E-state index in [0.717, 1.165) is 37.7 Å². The van der Waals surface area contributed by atoms with Crippen molar-refractivity contribution in [2.75, 3.05) is 48.4 Å². The molecule has 4 rings (SSSR count). The molecule has 2 aliphatic rings. The summed E-state index contributed by atoms with van der Waals surface area (Å²) in [7, 11) is 1.70. The summed E-state index contributed by atoms with van der Waals surface area (Å²) in [4.78, 5) is 9.44. The van der Waals surface area contributed by atoms with Crippen molar-refractivity contribution in [3.8, 4) is 5.75 Å². The molecule has 2 aromatic rings. The van der Waals surface area contributed by atoms with Gasteiger partial charge in [0.25, 0.3) is 0 Å². The van der Waals surface area contributed by atoms with E-state index in [2.05, 4.69) is 37.4 Å². The van der Waals surface area contributed by atoms with Crippen LogP contribution in [0, 0.1) is 0 Å². The summed E-state index contributed by atoms with van der Waals surface area (Å²) in [6.07, 6.45) is 9.45. The van der Waals surface area contributed by atoms with E-state index in [9.17, 15) is 0 Å². The number of anilines is 3. The molecule has 1 aliphatic heterocycles. The van der Waals surface area contributed by atoms with E-state index in [4.69, 9.17) is 9.72 Å². The van der Waals surface area contributed by atoms with Crippen LogP contribution in [0.5, 0.6) is 5.75 Å². The zero-order chi connectivity index (χ0) is 19.2. The number of aromatic nitrogens is 3. The Bertz CT molecular complexity index is 737. The summed E-state index contributed by atoms with van der Waals surface area (Å²) in [6, 6.07) is 8.75. The fourth-order valence-corrected chi connectivity index (χ4v) is 4.10. The van der Waals surface area contributed by atoms with Crippen LogP contribution in [0.2, 0.25) is 0 Å². The molecule has 2 fully saturated rings. The lowest BCUT2D eigenvalue weighted by molar-refractivity contribution is 0.415. The lowest BCUT2D eigenvalue weighted by Crippen LogP contribution is -2.47. The van der Waals surface area contributed by atoms with Gasteiger partial charge in [0.15, 0.2) is 5.82 Å². The van der Waals surface area contributed by atoms with Crippen LogP contribution >= 0.6 is 0 Å². The lowest BCUT2D eigenvalue weighted by atomic mass is 10.1. The molecule has 1 aromatic heterocycles. The molecule has 7 nitrogen and oxygen atoms in total. The van der Waals surface area contributed by atoms with E-state index < -0.39 is 0 Å². The van der Waals surface area contributed by atoms with Crippen molar-refractivity contribution in [3.05, 3.63) is 30.5 Å². The van der Waals surface area contributed by atoms with Crippen LogP contribution in [0.4, 0.5) is 17.5 Å². The van der Waals surface area contributed by atoms with Crippen LogP contribution < -0.4 is 19.9 Å². The van der Waals surface area contributed by atoms with Gasteiger partial charge in [-0.25, -0.2) is 0 Å². The lowest BCUT2D eigenvalue weighted by Gasteiger charge is -2.36. The zero-order valence-corrected chi connectivity index (χ0v) is 16.7. The Kier molecular flexibility index (Phi) is 6.09. The van der Waals surface area contributed by atoms with Crippen molar-refractivity contribution in [3.63, 3.8) is 0 Å². The molecule has 1 aliphatic carbocycles. The van der Waals surface area contributed by atoms with Crippen molar-refractivity contribution in [1.82, 2.24) is 15.2 Å². The Balaban J connectivity index is 1.35.